The van der Waals surface area contributed by atoms with E-state index in [-0.39, 0.29) is 10.8 Å². The molecule has 1 heteroatoms. The summed E-state index contributed by atoms with van der Waals surface area (Å²) in [7, 11) is 0. The molecule has 15 heavy (non-hydrogen) atoms. The van der Waals surface area contributed by atoms with Gasteiger partial charge >= 0.3 is 0 Å². The van der Waals surface area contributed by atoms with E-state index in [2.05, 4.69) is 53.4 Å². The third-order valence-electron chi connectivity index (χ3n) is 2.94. The zero-order valence-corrected chi connectivity index (χ0v) is 11.1. The largest absolute Gasteiger partial charge is 0.362 e. The van der Waals surface area contributed by atoms with E-state index in [0.717, 1.165) is 18.5 Å². The second kappa shape index (κ2) is 3.70. The number of hydrogen-bond acceptors (Lipinski definition) is 1. The summed E-state index contributed by atoms with van der Waals surface area (Å²) in [5.74, 6) is 0. The molecule has 1 rings (SSSR count). The number of nitrogens with one attached hydrogen (secondary N) is 1. The summed E-state index contributed by atoms with van der Waals surface area (Å²) in [6.07, 6.45) is 2.23. The SMILES string of the molecule is C=C1CCC(C(C)(C)C)=C(C(C)(C)C)N1. The third kappa shape index (κ3) is 2.87. The van der Waals surface area contributed by atoms with Crippen molar-refractivity contribution in [2.24, 2.45) is 10.8 Å². The van der Waals surface area contributed by atoms with Gasteiger partial charge in [0, 0.05) is 16.8 Å². The summed E-state index contributed by atoms with van der Waals surface area (Å²) in [6, 6.07) is 0. The molecule has 0 aromatic heterocycles. The smallest absolute Gasteiger partial charge is 0.0200 e. The lowest BCUT2D eigenvalue weighted by molar-refractivity contribution is 0.395. The molecule has 0 unspecified atom stereocenters. The van der Waals surface area contributed by atoms with Crippen LogP contribution in [-0.4, -0.2) is 0 Å². The molecule has 1 aliphatic rings. The van der Waals surface area contributed by atoms with E-state index in [9.17, 15) is 0 Å². The van der Waals surface area contributed by atoms with Crippen molar-refractivity contribution in [3.8, 4) is 0 Å². The molecule has 0 bridgehead atoms. The molecule has 1 aliphatic heterocycles. The molecule has 0 saturated heterocycles. The number of hydrogen-bond donors (Lipinski definition) is 1. The summed E-state index contributed by atoms with van der Waals surface area (Å²) in [6.45, 7) is 17.7. The Labute approximate surface area is 94.6 Å². The Bertz CT molecular complexity index is 294. The lowest BCUT2D eigenvalue weighted by Crippen LogP contribution is -2.32. The molecule has 0 fully saturated rings. The van der Waals surface area contributed by atoms with Gasteiger partial charge < -0.3 is 5.32 Å². The van der Waals surface area contributed by atoms with Crippen LogP contribution in [0.4, 0.5) is 0 Å². The number of allylic oxidation sites excluding steroid dienone is 3. The molecule has 0 saturated carbocycles. The van der Waals surface area contributed by atoms with E-state index >= 15 is 0 Å². The van der Waals surface area contributed by atoms with Gasteiger partial charge in [-0.25, -0.2) is 0 Å². The van der Waals surface area contributed by atoms with Gasteiger partial charge in [0.25, 0.3) is 0 Å². The highest BCUT2D eigenvalue weighted by Crippen LogP contribution is 2.40. The summed E-state index contributed by atoms with van der Waals surface area (Å²) in [4.78, 5) is 0. The quantitative estimate of drug-likeness (QED) is 0.627. The van der Waals surface area contributed by atoms with Crippen molar-refractivity contribution in [1.29, 1.82) is 0 Å². The Morgan fingerprint density at radius 1 is 0.933 bits per heavy atom. The van der Waals surface area contributed by atoms with Gasteiger partial charge in [0.15, 0.2) is 0 Å². The Morgan fingerprint density at radius 3 is 1.87 bits per heavy atom. The van der Waals surface area contributed by atoms with E-state index in [1.165, 1.54) is 5.70 Å². The predicted molar refractivity (Wildman–Crippen MR) is 67.4 cm³/mol. The van der Waals surface area contributed by atoms with Crippen LogP contribution in [0.2, 0.25) is 0 Å². The molecule has 0 amide bonds. The molecule has 0 radical (unpaired) electrons. The minimum Gasteiger partial charge on any atom is -0.362 e. The fourth-order valence-corrected chi connectivity index (χ4v) is 2.11. The number of rotatable bonds is 0. The lowest BCUT2D eigenvalue weighted by atomic mass is 9.75. The first-order chi connectivity index (χ1) is 6.62. The summed E-state index contributed by atoms with van der Waals surface area (Å²) < 4.78 is 0. The van der Waals surface area contributed by atoms with Gasteiger partial charge in [-0.2, -0.15) is 0 Å². The first-order valence-corrected chi connectivity index (χ1v) is 5.81. The molecule has 0 spiro atoms. The van der Waals surface area contributed by atoms with Gasteiger partial charge in [0.1, 0.15) is 0 Å². The maximum atomic E-state index is 4.05. The van der Waals surface area contributed by atoms with E-state index < -0.39 is 0 Å². The Balaban J connectivity index is 3.19. The zero-order chi connectivity index (χ0) is 11.9. The van der Waals surface area contributed by atoms with Crippen LogP contribution < -0.4 is 5.32 Å². The second-order valence-electron chi connectivity index (χ2n) is 6.58. The maximum absolute atomic E-state index is 4.05. The normalized spacial score (nSPS) is 19.2. The van der Waals surface area contributed by atoms with Crippen molar-refractivity contribution >= 4 is 0 Å². The second-order valence-corrected chi connectivity index (χ2v) is 6.58. The van der Waals surface area contributed by atoms with Crippen LogP contribution in [0.5, 0.6) is 0 Å². The summed E-state index contributed by atoms with van der Waals surface area (Å²) in [5.41, 5.74) is 4.55. The standard InChI is InChI=1S/C14H25N/c1-10-8-9-11(13(2,3)4)12(15-10)14(5,6)7/h15H,1,8-9H2,2-7H3. The molecule has 0 aliphatic carbocycles. The van der Waals surface area contributed by atoms with Crippen molar-refractivity contribution in [2.75, 3.05) is 0 Å². The topological polar surface area (TPSA) is 12.0 Å². The highest BCUT2D eigenvalue weighted by Gasteiger charge is 2.30. The van der Waals surface area contributed by atoms with Crippen LogP contribution in [-0.2, 0) is 0 Å². The van der Waals surface area contributed by atoms with Crippen molar-refractivity contribution in [2.45, 2.75) is 54.4 Å². The van der Waals surface area contributed by atoms with Gasteiger partial charge in [0.05, 0.1) is 0 Å². The minimum absolute atomic E-state index is 0.186. The van der Waals surface area contributed by atoms with E-state index in [1.807, 2.05) is 0 Å². The Hall–Kier alpha value is -0.720. The van der Waals surface area contributed by atoms with Crippen molar-refractivity contribution in [3.05, 3.63) is 23.5 Å². The molecule has 0 aromatic carbocycles. The third-order valence-corrected chi connectivity index (χ3v) is 2.94. The molecule has 0 atom stereocenters. The van der Waals surface area contributed by atoms with Crippen LogP contribution in [0.25, 0.3) is 0 Å². The van der Waals surface area contributed by atoms with Gasteiger partial charge in [-0.15, -0.1) is 0 Å². The molecular formula is C14H25N. The molecule has 1 N–H and O–H groups in total. The van der Waals surface area contributed by atoms with Gasteiger partial charge in [-0.1, -0.05) is 48.1 Å². The fourth-order valence-electron chi connectivity index (χ4n) is 2.11. The summed E-state index contributed by atoms with van der Waals surface area (Å²) in [5, 5.41) is 3.50. The van der Waals surface area contributed by atoms with E-state index in [1.54, 1.807) is 5.57 Å². The predicted octanol–water partition coefficient (Wildman–Crippen LogP) is 4.23. The van der Waals surface area contributed by atoms with Gasteiger partial charge in [-0.3, -0.25) is 0 Å². The van der Waals surface area contributed by atoms with Gasteiger partial charge in [0.2, 0.25) is 0 Å². The van der Waals surface area contributed by atoms with Crippen LogP contribution in [0, 0.1) is 10.8 Å². The van der Waals surface area contributed by atoms with Crippen LogP contribution in [0.15, 0.2) is 23.5 Å². The zero-order valence-electron chi connectivity index (χ0n) is 11.1. The maximum Gasteiger partial charge on any atom is 0.0200 e. The first-order valence-electron chi connectivity index (χ1n) is 5.81. The molecule has 1 nitrogen and oxygen atoms in total. The fraction of sp³-hybridized carbons (Fsp3) is 0.714. The van der Waals surface area contributed by atoms with Crippen LogP contribution in [0.1, 0.15) is 54.4 Å². The molecule has 1 heterocycles. The summed E-state index contributed by atoms with van der Waals surface area (Å²) >= 11 is 0. The van der Waals surface area contributed by atoms with E-state index in [4.69, 9.17) is 0 Å². The first kappa shape index (κ1) is 12.4. The average Bonchev–Trinajstić information content (AvgIpc) is 2.00. The van der Waals surface area contributed by atoms with Crippen molar-refractivity contribution < 1.29 is 0 Å². The highest BCUT2D eigenvalue weighted by atomic mass is 14.9. The molecular weight excluding hydrogens is 182 g/mol. The molecule has 86 valence electrons. The Morgan fingerprint density at radius 2 is 1.47 bits per heavy atom. The monoisotopic (exact) mass is 207 g/mol. The van der Waals surface area contributed by atoms with E-state index in [0.29, 0.717) is 0 Å². The Kier molecular flexibility index (Phi) is 3.04. The lowest BCUT2D eigenvalue weighted by Gasteiger charge is -2.38. The van der Waals surface area contributed by atoms with Crippen molar-refractivity contribution in [3.63, 3.8) is 0 Å². The van der Waals surface area contributed by atoms with Crippen LogP contribution >= 0.6 is 0 Å². The van der Waals surface area contributed by atoms with Gasteiger partial charge in [-0.05, 0) is 23.8 Å². The highest BCUT2D eigenvalue weighted by molar-refractivity contribution is 5.30. The van der Waals surface area contributed by atoms with Crippen LogP contribution in [0.3, 0.4) is 0 Å². The molecule has 0 aromatic rings. The van der Waals surface area contributed by atoms with Crippen molar-refractivity contribution in [1.82, 2.24) is 5.32 Å². The average molecular weight is 207 g/mol. The minimum atomic E-state index is 0.186.